The molecule has 0 aromatic heterocycles. The van der Waals surface area contributed by atoms with E-state index < -0.39 is 0 Å². The van der Waals surface area contributed by atoms with Crippen LogP contribution in [0.5, 0.6) is 5.75 Å². The Hall–Kier alpha value is -3.31. The van der Waals surface area contributed by atoms with Gasteiger partial charge in [0.25, 0.3) is 0 Å². The van der Waals surface area contributed by atoms with E-state index in [0.717, 1.165) is 16.9 Å². The van der Waals surface area contributed by atoms with Crippen LogP contribution in [0.25, 0.3) is 0 Å². The summed E-state index contributed by atoms with van der Waals surface area (Å²) in [7, 11) is 1.64. The highest BCUT2D eigenvalue weighted by Gasteiger charge is 2.15. The fraction of sp³-hybridized carbons (Fsp3) is 0.125. The maximum absolute atomic E-state index is 12.7. The molecule has 0 fully saturated rings. The lowest BCUT2D eigenvalue weighted by Crippen LogP contribution is -2.06. The summed E-state index contributed by atoms with van der Waals surface area (Å²) in [6.45, 7) is 0. The lowest BCUT2D eigenvalue weighted by Gasteiger charge is -2.11. The summed E-state index contributed by atoms with van der Waals surface area (Å²) in [6, 6.07) is 26.9. The molecule has 0 N–H and O–H groups in total. The van der Waals surface area contributed by atoms with Gasteiger partial charge in [0.05, 0.1) is 13.0 Å². The van der Waals surface area contributed by atoms with Crippen molar-refractivity contribution in [2.24, 2.45) is 0 Å². The van der Waals surface area contributed by atoms with E-state index in [-0.39, 0.29) is 11.7 Å². The summed E-state index contributed by atoms with van der Waals surface area (Å²) in [6.07, 6.45) is 0.343. The molecule has 0 bridgehead atoms. The Morgan fingerprint density at radius 1 is 0.885 bits per heavy atom. The Kier molecular flexibility index (Phi) is 5.85. The van der Waals surface area contributed by atoms with Gasteiger partial charge in [0.15, 0.2) is 5.78 Å². The molecule has 3 rings (SSSR count). The Labute approximate surface area is 154 Å². The summed E-state index contributed by atoms with van der Waals surface area (Å²) < 4.78 is 5.23. The van der Waals surface area contributed by atoms with E-state index in [1.165, 1.54) is 0 Å². The van der Waals surface area contributed by atoms with E-state index in [9.17, 15) is 4.79 Å². The quantitative estimate of drug-likeness (QED) is 0.477. The van der Waals surface area contributed by atoms with E-state index in [2.05, 4.69) is 11.8 Å². The molecule has 26 heavy (non-hydrogen) atoms. The maximum Gasteiger partial charge on any atom is 0.164 e. The third-order valence-electron chi connectivity index (χ3n) is 4.17. The van der Waals surface area contributed by atoms with Gasteiger partial charge in [-0.05, 0) is 29.8 Å². The molecular formula is C24H20O2. The first kappa shape index (κ1) is 17.5. The number of carbonyl (C=O) groups excluding carboxylic acids is 1. The minimum Gasteiger partial charge on any atom is -0.497 e. The predicted octanol–water partition coefficient (Wildman–Crippen LogP) is 5.10. The number of rotatable bonds is 5. The number of methoxy groups -OCH3 is 1. The van der Waals surface area contributed by atoms with E-state index in [1.807, 2.05) is 84.9 Å². The van der Waals surface area contributed by atoms with Crippen LogP contribution in [-0.4, -0.2) is 12.9 Å². The van der Waals surface area contributed by atoms with Gasteiger partial charge in [0, 0.05) is 17.5 Å². The van der Waals surface area contributed by atoms with Gasteiger partial charge in [0.2, 0.25) is 0 Å². The second-order valence-corrected chi connectivity index (χ2v) is 5.95. The van der Waals surface area contributed by atoms with Crippen LogP contribution in [0.1, 0.15) is 33.8 Å². The molecule has 3 aromatic rings. The third-order valence-corrected chi connectivity index (χ3v) is 4.17. The molecule has 0 amide bonds. The van der Waals surface area contributed by atoms with Crippen molar-refractivity contribution in [1.29, 1.82) is 0 Å². The molecule has 0 heterocycles. The number of benzene rings is 3. The van der Waals surface area contributed by atoms with Gasteiger partial charge < -0.3 is 4.74 Å². The Bertz CT molecular complexity index is 901. The average molecular weight is 340 g/mol. The first-order valence-electron chi connectivity index (χ1n) is 8.55. The van der Waals surface area contributed by atoms with Gasteiger partial charge in [0.1, 0.15) is 5.75 Å². The molecule has 0 saturated carbocycles. The smallest absolute Gasteiger partial charge is 0.164 e. The monoisotopic (exact) mass is 340 g/mol. The molecule has 2 heteroatoms. The summed E-state index contributed by atoms with van der Waals surface area (Å²) in [5, 5.41) is 0. The second-order valence-electron chi connectivity index (χ2n) is 5.95. The van der Waals surface area contributed by atoms with Crippen molar-refractivity contribution in [3.05, 3.63) is 102 Å². The van der Waals surface area contributed by atoms with Gasteiger partial charge in [-0.15, -0.1) is 0 Å². The molecule has 1 unspecified atom stereocenters. The number of ether oxygens (including phenoxy) is 1. The largest absolute Gasteiger partial charge is 0.497 e. The zero-order chi connectivity index (χ0) is 18.2. The SMILES string of the molecule is COc1ccc(C(C#Cc2ccccc2)CC(=O)c2ccccc2)cc1. The zero-order valence-electron chi connectivity index (χ0n) is 14.7. The highest BCUT2D eigenvalue weighted by atomic mass is 16.5. The number of Topliss-reactive ketones (excluding diaryl/α,β-unsaturated/α-hetero) is 1. The molecule has 1 atom stereocenters. The van der Waals surface area contributed by atoms with Crippen LogP contribution in [0.15, 0.2) is 84.9 Å². The molecule has 0 aliphatic rings. The molecule has 0 aliphatic carbocycles. The van der Waals surface area contributed by atoms with Crippen molar-refractivity contribution in [3.63, 3.8) is 0 Å². The first-order chi connectivity index (χ1) is 12.8. The number of ketones is 1. The van der Waals surface area contributed by atoms with Crippen LogP contribution in [0.4, 0.5) is 0 Å². The molecule has 2 nitrogen and oxygen atoms in total. The normalized spacial score (nSPS) is 11.1. The highest BCUT2D eigenvalue weighted by molar-refractivity contribution is 5.96. The summed E-state index contributed by atoms with van der Waals surface area (Å²) in [4.78, 5) is 12.7. The van der Waals surface area contributed by atoms with Crippen LogP contribution in [0.3, 0.4) is 0 Å². The van der Waals surface area contributed by atoms with Gasteiger partial charge in [-0.3, -0.25) is 4.79 Å². The lowest BCUT2D eigenvalue weighted by molar-refractivity contribution is 0.0979. The van der Waals surface area contributed by atoms with Crippen molar-refractivity contribution in [1.82, 2.24) is 0 Å². The number of carbonyl (C=O) groups is 1. The van der Waals surface area contributed by atoms with E-state index in [1.54, 1.807) is 7.11 Å². The summed E-state index contributed by atoms with van der Waals surface area (Å²) >= 11 is 0. The minimum absolute atomic E-state index is 0.0915. The van der Waals surface area contributed by atoms with Crippen LogP contribution in [0, 0.1) is 11.8 Å². The fourth-order valence-electron chi connectivity index (χ4n) is 2.71. The average Bonchev–Trinajstić information content (AvgIpc) is 2.72. The molecule has 3 aromatic carbocycles. The predicted molar refractivity (Wildman–Crippen MR) is 104 cm³/mol. The summed E-state index contributed by atoms with van der Waals surface area (Å²) in [5.41, 5.74) is 2.67. The van der Waals surface area contributed by atoms with Gasteiger partial charge in [-0.25, -0.2) is 0 Å². The topological polar surface area (TPSA) is 26.3 Å². The van der Waals surface area contributed by atoms with Gasteiger partial charge in [-0.2, -0.15) is 0 Å². The van der Waals surface area contributed by atoms with Crippen molar-refractivity contribution in [3.8, 4) is 17.6 Å². The van der Waals surface area contributed by atoms with Crippen molar-refractivity contribution < 1.29 is 9.53 Å². The third kappa shape index (κ3) is 4.62. The first-order valence-corrected chi connectivity index (χ1v) is 8.55. The summed E-state index contributed by atoms with van der Waals surface area (Å²) in [5.74, 6) is 7.18. The molecule has 0 aliphatic heterocycles. The fourth-order valence-corrected chi connectivity index (χ4v) is 2.71. The second kappa shape index (κ2) is 8.69. The zero-order valence-corrected chi connectivity index (χ0v) is 14.7. The minimum atomic E-state index is -0.172. The Balaban J connectivity index is 1.88. The Morgan fingerprint density at radius 2 is 1.50 bits per heavy atom. The van der Waals surface area contributed by atoms with Crippen molar-refractivity contribution in [2.45, 2.75) is 12.3 Å². The standard InChI is InChI=1S/C24H20O2/c1-26-23-16-14-20(15-17-23)22(13-12-19-8-4-2-5-9-19)18-24(25)21-10-6-3-7-11-21/h2-11,14-17,22H,18H2,1H3. The van der Waals surface area contributed by atoms with Crippen molar-refractivity contribution in [2.75, 3.05) is 7.11 Å². The van der Waals surface area contributed by atoms with Crippen LogP contribution in [-0.2, 0) is 0 Å². The van der Waals surface area contributed by atoms with Gasteiger partial charge >= 0.3 is 0 Å². The highest BCUT2D eigenvalue weighted by Crippen LogP contribution is 2.24. The molecule has 0 saturated heterocycles. The lowest BCUT2D eigenvalue weighted by atomic mass is 9.91. The van der Waals surface area contributed by atoms with Crippen LogP contribution in [0.2, 0.25) is 0 Å². The molecule has 0 radical (unpaired) electrons. The molecule has 0 spiro atoms. The maximum atomic E-state index is 12.7. The van der Waals surface area contributed by atoms with Crippen LogP contribution >= 0.6 is 0 Å². The molecule has 128 valence electrons. The van der Waals surface area contributed by atoms with E-state index in [0.29, 0.717) is 12.0 Å². The number of hydrogen-bond acceptors (Lipinski definition) is 2. The number of hydrogen-bond donors (Lipinski definition) is 0. The van der Waals surface area contributed by atoms with E-state index in [4.69, 9.17) is 4.74 Å². The van der Waals surface area contributed by atoms with E-state index >= 15 is 0 Å². The van der Waals surface area contributed by atoms with Crippen LogP contribution < -0.4 is 4.74 Å². The Morgan fingerprint density at radius 3 is 2.12 bits per heavy atom. The van der Waals surface area contributed by atoms with Gasteiger partial charge in [-0.1, -0.05) is 72.5 Å². The van der Waals surface area contributed by atoms with Crippen molar-refractivity contribution >= 4 is 5.78 Å². The molecular weight excluding hydrogens is 320 g/mol.